The van der Waals surface area contributed by atoms with Crippen molar-refractivity contribution >= 4 is 5.91 Å². The molecule has 0 aromatic heterocycles. The second kappa shape index (κ2) is 7.08. The van der Waals surface area contributed by atoms with Crippen molar-refractivity contribution < 1.29 is 14.3 Å². The number of nitrogens with one attached hydrogen (secondary N) is 1. The maximum absolute atomic E-state index is 12.4. The number of nitrogens with zero attached hydrogens (tertiary/aromatic N) is 1. The van der Waals surface area contributed by atoms with Crippen LogP contribution >= 0.6 is 0 Å². The Labute approximate surface area is 139 Å². The number of piperidine rings is 1. The molecule has 1 saturated carbocycles. The van der Waals surface area contributed by atoms with E-state index >= 15 is 0 Å². The van der Waals surface area contributed by atoms with Gasteiger partial charge in [0.2, 0.25) is 5.91 Å². The quantitative estimate of drug-likeness (QED) is 0.853. The Morgan fingerprint density at radius 3 is 2.70 bits per heavy atom. The summed E-state index contributed by atoms with van der Waals surface area (Å²) in [5.74, 6) is 1.27. The van der Waals surface area contributed by atoms with E-state index in [-0.39, 0.29) is 18.1 Å². The number of carbonyl (C=O) groups excluding carboxylic acids is 1. The SMILES string of the molecule is O=C(NCC1CCOCC1)[C@@H]1C[C@@H]2CCN(C3CCC3)C[C@H]2O1. The Hall–Kier alpha value is -0.650. The van der Waals surface area contributed by atoms with Crippen LogP contribution in [0.2, 0.25) is 0 Å². The van der Waals surface area contributed by atoms with Crippen molar-refractivity contribution in [3.05, 3.63) is 0 Å². The van der Waals surface area contributed by atoms with Gasteiger partial charge < -0.3 is 14.8 Å². The number of hydrogen-bond acceptors (Lipinski definition) is 4. The van der Waals surface area contributed by atoms with Crippen LogP contribution < -0.4 is 5.32 Å². The third-order valence-corrected chi connectivity index (χ3v) is 6.37. The Morgan fingerprint density at radius 2 is 1.96 bits per heavy atom. The van der Waals surface area contributed by atoms with E-state index in [9.17, 15) is 4.79 Å². The molecule has 1 amide bonds. The first-order valence-corrected chi connectivity index (χ1v) is 9.54. The van der Waals surface area contributed by atoms with Crippen LogP contribution in [-0.2, 0) is 14.3 Å². The molecule has 5 heteroatoms. The van der Waals surface area contributed by atoms with Crippen LogP contribution in [0.1, 0.15) is 44.9 Å². The molecule has 5 nitrogen and oxygen atoms in total. The highest BCUT2D eigenvalue weighted by Crippen LogP contribution is 2.36. The molecule has 4 rings (SSSR count). The minimum atomic E-state index is -0.216. The molecular weight excluding hydrogens is 292 g/mol. The summed E-state index contributed by atoms with van der Waals surface area (Å²) in [5.41, 5.74) is 0. The Balaban J connectivity index is 1.23. The number of fused-ring (bicyclic) bond motifs is 1. The van der Waals surface area contributed by atoms with Crippen LogP contribution in [0.4, 0.5) is 0 Å². The number of amides is 1. The molecule has 3 saturated heterocycles. The molecule has 3 heterocycles. The zero-order chi connectivity index (χ0) is 15.6. The number of rotatable bonds is 4. The van der Waals surface area contributed by atoms with Gasteiger partial charge in [0.25, 0.3) is 0 Å². The van der Waals surface area contributed by atoms with Gasteiger partial charge in [-0.25, -0.2) is 0 Å². The zero-order valence-electron chi connectivity index (χ0n) is 14.0. The number of carbonyl (C=O) groups is 1. The summed E-state index contributed by atoms with van der Waals surface area (Å²) in [6.45, 7) is 4.69. The van der Waals surface area contributed by atoms with Gasteiger partial charge in [-0.2, -0.15) is 0 Å². The Kier molecular flexibility index (Phi) is 4.88. The van der Waals surface area contributed by atoms with Crippen LogP contribution in [0, 0.1) is 11.8 Å². The Morgan fingerprint density at radius 1 is 1.13 bits per heavy atom. The molecule has 130 valence electrons. The summed E-state index contributed by atoms with van der Waals surface area (Å²) in [6, 6.07) is 0.793. The highest BCUT2D eigenvalue weighted by atomic mass is 16.5. The van der Waals surface area contributed by atoms with Crippen LogP contribution in [0.3, 0.4) is 0 Å². The van der Waals surface area contributed by atoms with Crippen molar-refractivity contribution in [2.24, 2.45) is 11.8 Å². The van der Waals surface area contributed by atoms with E-state index in [4.69, 9.17) is 9.47 Å². The summed E-state index contributed by atoms with van der Waals surface area (Å²) in [6.07, 6.45) is 8.40. The zero-order valence-corrected chi connectivity index (χ0v) is 14.0. The topological polar surface area (TPSA) is 50.8 Å². The van der Waals surface area contributed by atoms with Gasteiger partial charge in [0, 0.05) is 32.3 Å². The van der Waals surface area contributed by atoms with Gasteiger partial charge in [-0.15, -0.1) is 0 Å². The molecule has 0 aromatic carbocycles. The second-order valence-corrected chi connectivity index (χ2v) is 7.83. The fourth-order valence-electron chi connectivity index (χ4n) is 4.52. The highest BCUT2D eigenvalue weighted by Gasteiger charge is 2.43. The van der Waals surface area contributed by atoms with Gasteiger partial charge in [0.05, 0.1) is 6.10 Å². The first-order valence-electron chi connectivity index (χ1n) is 9.54. The van der Waals surface area contributed by atoms with E-state index in [0.29, 0.717) is 11.8 Å². The monoisotopic (exact) mass is 322 g/mol. The standard InChI is InChI=1S/C18H30N2O3/c21-18(19-11-13-5-8-22-9-6-13)16-10-14-4-7-20(12-17(14)23-16)15-2-1-3-15/h13-17H,1-12H2,(H,19,21)/t14-,16-,17+/m0/s1. The molecular formula is C18H30N2O3. The average molecular weight is 322 g/mol. The molecule has 4 aliphatic rings. The van der Waals surface area contributed by atoms with Crippen LogP contribution in [0.5, 0.6) is 0 Å². The van der Waals surface area contributed by atoms with E-state index in [2.05, 4.69) is 10.2 Å². The predicted molar refractivity (Wildman–Crippen MR) is 87.1 cm³/mol. The smallest absolute Gasteiger partial charge is 0.249 e. The van der Waals surface area contributed by atoms with E-state index in [1.54, 1.807) is 0 Å². The maximum atomic E-state index is 12.4. The van der Waals surface area contributed by atoms with Crippen molar-refractivity contribution in [3.63, 3.8) is 0 Å². The van der Waals surface area contributed by atoms with Crippen molar-refractivity contribution in [2.75, 3.05) is 32.8 Å². The van der Waals surface area contributed by atoms with Gasteiger partial charge >= 0.3 is 0 Å². The van der Waals surface area contributed by atoms with Crippen molar-refractivity contribution in [3.8, 4) is 0 Å². The first-order chi connectivity index (χ1) is 11.3. The molecule has 0 spiro atoms. The summed E-state index contributed by atoms with van der Waals surface area (Å²) < 4.78 is 11.5. The summed E-state index contributed by atoms with van der Waals surface area (Å²) in [7, 11) is 0. The molecule has 1 aliphatic carbocycles. The van der Waals surface area contributed by atoms with Crippen LogP contribution in [-0.4, -0.2) is 61.9 Å². The lowest BCUT2D eigenvalue weighted by atomic mass is 9.86. The van der Waals surface area contributed by atoms with Crippen LogP contribution in [0.15, 0.2) is 0 Å². The van der Waals surface area contributed by atoms with Gasteiger partial charge in [0.1, 0.15) is 6.10 Å². The molecule has 3 atom stereocenters. The molecule has 23 heavy (non-hydrogen) atoms. The van der Waals surface area contributed by atoms with Gasteiger partial charge in [-0.1, -0.05) is 6.42 Å². The average Bonchev–Trinajstić information content (AvgIpc) is 2.95. The third kappa shape index (κ3) is 3.57. The van der Waals surface area contributed by atoms with Crippen molar-refractivity contribution in [1.82, 2.24) is 10.2 Å². The van der Waals surface area contributed by atoms with Crippen LogP contribution in [0.25, 0.3) is 0 Å². The molecule has 0 aromatic rings. The molecule has 1 N–H and O–H groups in total. The van der Waals surface area contributed by atoms with E-state index in [0.717, 1.165) is 51.6 Å². The Bertz CT molecular complexity index is 420. The lowest BCUT2D eigenvalue weighted by Crippen LogP contribution is -2.49. The fourth-order valence-corrected chi connectivity index (χ4v) is 4.52. The minimum Gasteiger partial charge on any atom is -0.381 e. The van der Waals surface area contributed by atoms with Gasteiger partial charge in [-0.3, -0.25) is 9.69 Å². The lowest BCUT2D eigenvalue weighted by Gasteiger charge is -2.43. The molecule has 0 bridgehead atoms. The molecule has 4 fully saturated rings. The molecule has 3 aliphatic heterocycles. The molecule has 0 unspecified atom stereocenters. The molecule has 0 radical (unpaired) electrons. The highest BCUT2D eigenvalue weighted by molar-refractivity contribution is 5.81. The summed E-state index contributed by atoms with van der Waals surface area (Å²) in [5, 5.41) is 3.13. The van der Waals surface area contributed by atoms with E-state index < -0.39 is 0 Å². The number of likely N-dealkylation sites (tertiary alicyclic amines) is 1. The lowest BCUT2D eigenvalue weighted by molar-refractivity contribution is -0.133. The summed E-state index contributed by atoms with van der Waals surface area (Å²) >= 11 is 0. The summed E-state index contributed by atoms with van der Waals surface area (Å²) in [4.78, 5) is 15.0. The first kappa shape index (κ1) is 15.9. The van der Waals surface area contributed by atoms with Gasteiger partial charge in [0.15, 0.2) is 0 Å². The minimum absolute atomic E-state index is 0.112. The number of hydrogen-bond donors (Lipinski definition) is 1. The predicted octanol–water partition coefficient (Wildman–Crippen LogP) is 1.56. The third-order valence-electron chi connectivity index (χ3n) is 6.37. The van der Waals surface area contributed by atoms with E-state index in [1.807, 2.05) is 0 Å². The largest absolute Gasteiger partial charge is 0.381 e. The normalized spacial score (nSPS) is 36.4. The second-order valence-electron chi connectivity index (χ2n) is 7.83. The number of ether oxygens (including phenoxy) is 2. The van der Waals surface area contributed by atoms with E-state index in [1.165, 1.54) is 32.2 Å². The fraction of sp³-hybridized carbons (Fsp3) is 0.944. The maximum Gasteiger partial charge on any atom is 0.249 e. The van der Waals surface area contributed by atoms with Crippen molar-refractivity contribution in [2.45, 2.75) is 63.2 Å². The van der Waals surface area contributed by atoms with Gasteiger partial charge in [-0.05, 0) is 56.9 Å². The van der Waals surface area contributed by atoms with Crippen molar-refractivity contribution in [1.29, 1.82) is 0 Å².